The van der Waals surface area contributed by atoms with E-state index in [1.807, 2.05) is 85.8 Å². The smallest absolute Gasteiger partial charge is 0.243 e. The lowest BCUT2D eigenvalue weighted by Crippen LogP contribution is -2.53. The Bertz CT molecular complexity index is 1590. The van der Waals surface area contributed by atoms with Crippen molar-refractivity contribution in [2.75, 3.05) is 20.1 Å². The fourth-order valence-electron chi connectivity index (χ4n) is 4.58. The molecule has 0 spiro atoms. The number of amides is 2. The van der Waals surface area contributed by atoms with E-state index in [-0.39, 0.29) is 17.3 Å². The predicted octanol–water partition coefficient (Wildman–Crippen LogP) is 5.39. The number of hydrogen-bond donors (Lipinski definition) is 1. The molecule has 0 radical (unpaired) electrons. The second-order valence-electron chi connectivity index (χ2n) is 9.91. The molecule has 0 bridgehead atoms. The largest absolute Gasteiger partial charge is 0.354 e. The second-order valence-corrected chi connectivity index (χ2v) is 12.9. The molecule has 41 heavy (non-hydrogen) atoms. The highest BCUT2D eigenvalue weighted by molar-refractivity contribution is 9.10. The van der Waals surface area contributed by atoms with Crippen molar-refractivity contribution in [1.29, 1.82) is 0 Å². The maximum atomic E-state index is 14.0. The Labute approximate surface area is 250 Å². The third-order valence-corrected chi connectivity index (χ3v) is 9.20. The van der Waals surface area contributed by atoms with E-state index in [1.54, 1.807) is 18.2 Å². The van der Waals surface area contributed by atoms with Crippen molar-refractivity contribution < 1.29 is 18.0 Å². The first-order valence-electron chi connectivity index (χ1n) is 13.5. The van der Waals surface area contributed by atoms with Crippen LogP contribution in [0.5, 0.6) is 0 Å². The molecule has 1 N–H and O–H groups in total. The van der Waals surface area contributed by atoms with Gasteiger partial charge in [-0.1, -0.05) is 95.7 Å². The molecular formula is C32H34BrN3O4S. The molecule has 0 fully saturated rings. The highest BCUT2D eigenvalue weighted by Gasteiger charge is 2.33. The molecule has 0 saturated heterocycles. The average molecular weight is 637 g/mol. The lowest BCUT2D eigenvalue weighted by Gasteiger charge is -2.32. The number of hydrogen-bond acceptors (Lipinski definition) is 4. The molecule has 0 saturated carbocycles. The van der Waals surface area contributed by atoms with Gasteiger partial charge in [-0.15, -0.1) is 0 Å². The van der Waals surface area contributed by atoms with Crippen molar-refractivity contribution in [2.45, 2.75) is 37.2 Å². The highest BCUT2D eigenvalue weighted by Crippen LogP contribution is 2.22. The normalized spacial score (nSPS) is 12.3. The van der Waals surface area contributed by atoms with E-state index in [4.69, 9.17) is 0 Å². The molecule has 1 unspecified atom stereocenters. The number of nitrogens with one attached hydrogen (secondary N) is 1. The van der Waals surface area contributed by atoms with Gasteiger partial charge in [-0.25, -0.2) is 8.42 Å². The second kappa shape index (κ2) is 13.9. The Morgan fingerprint density at radius 1 is 0.854 bits per heavy atom. The SMILES string of the molecule is CCCNC(=O)C(Cc1ccccc1)N(Cc1ccc(Br)cc1)C(=O)CN(C)S(=O)(=O)c1ccc2ccccc2c1. The van der Waals surface area contributed by atoms with Crippen LogP contribution in [0, 0.1) is 0 Å². The number of likely N-dealkylation sites (N-methyl/N-ethyl adjacent to an activating group) is 1. The van der Waals surface area contributed by atoms with E-state index in [2.05, 4.69) is 21.2 Å². The van der Waals surface area contributed by atoms with E-state index >= 15 is 0 Å². The number of carbonyl (C=O) groups is 2. The summed E-state index contributed by atoms with van der Waals surface area (Å²) < 4.78 is 29.0. The summed E-state index contributed by atoms with van der Waals surface area (Å²) in [4.78, 5) is 29.0. The number of benzene rings is 4. The van der Waals surface area contributed by atoms with Crippen molar-refractivity contribution in [1.82, 2.24) is 14.5 Å². The molecule has 2 amide bonds. The summed E-state index contributed by atoms with van der Waals surface area (Å²) in [5.41, 5.74) is 1.72. The predicted molar refractivity (Wildman–Crippen MR) is 166 cm³/mol. The summed E-state index contributed by atoms with van der Waals surface area (Å²) in [6.07, 6.45) is 1.04. The van der Waals surface area contributed by atoms with Gasteiger partial charge in [0.05, 0.1) is 11.4 Å². The van der Waals surface area contributed by atoms with Crippen LogP contribution in [0.3, 0.4) is 0 Å². The molecule has 4 aromatic rings. The van der Waals surface area contributed by atoms with Crippen LogP contribution >= 0.6 is 15.9 Å². The fraction of sp³-hybridized carbons (Fsp3) is 0.250. The van der Waals surface area contributed by atoms with Crippen LogP contribution in [0.4, 0.5) is 0 Å². The first-order chi connectivity index (χ1) is 19.7. The lowest BCUT2D eigenvalue weighted by atomic mass is 10.0. The molecule has 0 heterocycles. The van der Waals surface area contributed by atoms with Gasteiger partial charge in [0.2, 0.25) is 21.8 Å². The van der Waals surface area contributed by atoms with Crippen LogP contribution in [-0.2, 0) is 32.6 Å². The van der Waals surface area contributed by atoms with E-state index < -0.39 is 28.5 Å². The van der Waals surface area contributed by atoms with E-state index in [9.17, 15) is 18.0 Å². The first kappa shape index (κ1) is 30.4. The molecule has 4 rings (SSSR count). The zero-order valence-corrected chi connectivity index (χ0v) is 25.6. The minimum Gasteiger partial charge on any atom is -0.354 e. The summed E-state index contributed by atoms with van der Waals surface area (Å²) >= 11 is 3.44. The highest BCUT2D eigenvalue weighted by atomic mass is 79.9. The average Bonchev–Trinajstić information content (AvgIpc) is 2.98. The van der Waals surface area contributed by atoms with Crippen LogP contribution in [0.1, 0.15) is 24.5 Å². The van der Waals surface area contributed by atoms with E-state index in [0.717, 1.165) is 37.1 Å². The van der Waals surface area contributed by atoms with Gasteiger partial charge in [-0.3, -0.25) is 9.59 Å². The zero-order valence-electron chi connectivity index (χ0n) is 23.2. The number of halogens is 1. The van der Waals surface area contributed by atoms with Gasteiger partial charge in [0.15, 0.2) is 0 Å². The van der Waals surface area contributed by atoms with E-state index in [0.29, 0.717) is 13.0 Å². The summed E-state index contributed by atoms with van der Waals surface area (Å²) in [6.45, 7) is 2.16. The van der Waals surface area contributed by atoms with Crippen molar-refractivity contribution in [3.63, 3.8) is 0 Å². The molecule has 7 nitrogen and oxygen atoms in total. The van der Waals surface area contributed by atoms with E-state index in [1.165, 1.54) is 11.9 Å². The molecule has 4 aromatic carbocycles. The summed E-state index contributed by atoms with van der Waals surface area (Å²) in [5.74, 6) is -0.742. The summed E-state index contributed by atoms with van der Waals surface area (Å²) in [7, 11) is -2.58. The molecule has 0 aliphatic rings. The number of carbonyl (C=O) groups excluding carboxylic acids is 2. The molecule has 0 aliphatic heterocycles. The standard InChI is InChI=1S/C32H34BrN3O4S/c1-3-19-34-32(38)30(20-24-9-5-4-6-10-24)36(22-25-13-16-28(33)17-14-25)31(37)23-35(2)41(39,40)29-18-15-26-11-7-8-12-27(26)21-29/h4-18,21,30H,3,19-20,22-23H2,1-2H3,(H,34,38). The number of sulfonamides is 1. The van der Waals surface area contributed by atoms with Crippen molar-refractivity contribution in [3.05, 3.63) is 113 Å². The quantitative estimate of drug-likeness (QED) is 0.226. The molecule has 214 valence electrons. The van der Waals surface area contributed by atoms with Crippen LogP contribution in [0.2, 0.25) is 0 Å². The Morgan fingerprint density at radius 3 is 2.20 bits per heavy atom. The van der Waals surface area contributed by atoms with Crippen LogP contribution in [0.25, 0.3) is 10.8 Å². The monoisotopic (exact) mass is 635 g/mol. The Morgan fingerprint density at radius 2 is 1.51 bits per heavy atom. The maximum absolute atomic E-state index is 14.0. The van der Waals surface area contributed by atoms with Crippen molar-refractivity contribution in [3.8, 4) is 0 Å². The minimum absolute atomic E-state index is 0.104. The number of rotatable bonds is 12. The van der Waals surface area contributed by atoms with Gasteiger partial charge in [-0.05, 0) is 52.6 Å². The van der Waals surface area contributed by atoms with Crippen molar-refractivity contribution >= 4 is 48.5 Å². The van der Waals surface area contributed by atoms with Gasteiger partial charge in [-0.2, -0.15) is 4.31 Å². The maximum Gasteiger partial charge on any atom is 0.243 e. The topological polar surface area (TPSA) is 86.8 Å². The molecule has 0 aliphatic carbocycles. The number of nitrogens with zero attached hydrogens (tertiary/aromatic N) is 2. The van der Waals surface area contributed by atoms with Gasteiger partial charge in [0.25, 0.3) is 0 Å². The van der Waals surface area contributed by atoms with Gasteiger partial charge >= 0.3 is 0 Å². The van der Waals surface area contributed by atoms with Crippen LogP contribution in [0.15, 0.2) is 106 Å². The number of fused-ring (bicyclic) bond motifs is 1. The lowest BCUT2D eigenvalue weighted by molar-refractivity contribution is -0.141. The Hall–Kier alpha value is -3.53. The molecule has 9 heteroatoms. The van der Waals surface area contributed by atoms with Crippen molar-refractivity contribution in [2.24, 2.45) is 0 Å². The van der Waals surface area contributed by atoms with Gasteiger partial charge < -0.3 is 10.2 Å². The Kier molecular flexibility index (Phi) is 10.3. The fourth-order valence-corrected chi connectivity index (χ4v) is 6.00. The zero-order chi connectivity index (χ0) is 29.4. The third-order valence-electron chi connectivity index (χ3n) is 6.87. The molecule has 1 atom stereocenters. The summed E-state index contributed by atoms with van der Waals surface area (Å²) in [5, 5.41) is 4.65. The Balaban J connectivity index is 1.65. The van der Waals surface area contributed by atoms with Crippen LogP contribution < -0.4 is 5.32 Å². The molecular weight excluding hydrogens is 602 g/mol. The third kappa shape index (κ3) is 7.81. The summed E-state index contributed by atoms with van der Waals surface area (Å²) in [6, 6.07) is 28.6. The molecule has 0 aromatic heterocycles. The first-order valence-corrected chi connectivity index (χ1v) is 15.7. The minimum atomic E-state index is -3.98. The van der Waals surface area contributed by atoms with Crippen LogP contribution in [-0.4, -0.2) is 55.6 Å². The van der Waals surface area contributed by atoms with Gasteiger partial charge in [0.1, 0.15) is 6.04 Å². The van der Waals surface area contributed by atoms with Gasteiger partial charge in [0, 0.05) is 31.0 Å².